The number of nitrogens with zero attached hydrogens (tertiary/aromatic N) is 1. The fraction of sp³-hybridized carbons (Fsp3) is 0.600. The highest BCUT2D eigenvalue weighted by Crippen LogP contribution is 2.34. The van der Waals surface area contributed by atoms with Gasteiger partial charge in [0.25, 0.3) is 0 Å². The van der Waals surface area contributed by atoms with Crippen molar-refractivity contribution in [2.75, 3.05) is 6.54 Å². The summed E-state index contributed by atoms with van der Waals surface area (Å²) in [5, 5.41) is 3.33. The summed E-state index contributed by atoms with van der Waals surface area (Å²) in [6.07, 6.45) is 1.95. The number of hydrogen-bond acceptors (Lipinski definition) is 3. The summed E-state index contributed by atoms with van der Waals surface area (Å²) in [4.78, 5) is 0.365. The first kappa shape index (κ1) is 16.9. The summed E-state index contributed by atoms with van der Waals surface area (Å²) in [5.41, 5.74) is 1.07. The first-order chi connectivity index (χ1) is 9.86. The number of halogens is 1. The normalized spacial score (nSPS) is 15.9. The van der Waals surface area contributed by atoms with Crippen LogP contribution >= 0.6 is 15.9 Å². The van der Waals surface area contributed by atoms with E-state index in [2.05, 4.69) is 35.1 Å². The molecule has 0 aromatic heterocycles. The Hall–Kier alpha value is -0.430. The van der Waals surface area contributed by atoms with Crippen LogP contribution < -0.4 is 5.32 Å². The van der Waals surface area contributed by atoms with Gasteiger partial charge in [-0.25, -0.2) is 8.42 Å². The Bertz CT molecular complexity index is 598. The minimum absolute atomic E-state index is 0.189. The van der Waals surface area contributed by atoms with Crippen molar-refractivity contribution in [3.63, 3.8) is 0 Å². The lowest BCUT2D eigenvalue weighted by atomic mass is 10.2. The summed E-state index contributed by atoms with van der Waals surface area (Å²) in [5.74, 6) is 0. The summed E-state index contributed by atoms with van der Waals surface area (Å²) >= 11 is 3.42. The maximum atomic E-state index is 12.7. The molecular formula is C15H23BrN2O2S. The molecule has 0 bridgehead atoms. The molecule has 118 valence electrons. The molecule has 1 aliphatic carbocycles. The molecule has 0 radical (unpaired) electrons. The number of nitrogens with one attached hydrogen (secondary N) is 1. The summed E-state index contributed by atoms with van der Waals surface area (Å²) < 4.78 is 27.7. The van der Waals surface area contributed by atoms with Gasteiger partial charge in [-0.2, -0.15) is 4.31 Å². The van der Waals surface area contributed by atoms with Gasteiger partial charge in [0, 0.05) is 29.6 Å². The molecule has 1 aromatic rings. The lowest BCUT2D eigenvalue weighted by Crippen LogP contribution is -2.33. The van der Waals surface area contributed by atoms with Gasteiger partial charge in [-0.15, -0.1) is 0 Å². The third-order valence-corrected chi connectivity index (χ3v) is 6.57. The maximum absolute atomic E-state index is 12.7. The fourth-order valence-electron chi connectivity index (χ4n) is 2.30. The highest BCUT2D eigenvalue weighted by atomic mass is 79.9. The zero-order chi connectivity index (χ0) is 15.6. The third-order valence-electron chi connectivity index (χ3n) is 3.56. The van der Waals surface area contributed by atoms with Gasteiger partial charge in [0.2, 0.25) is 10.0 Å². The van der Waals surface area contributed by atoms with E-state index < -0.39 is 10.0 Å². The van der Waals surface area contributed by atoms with E-state index in [1.165, 1.54) is 0 Å². The van der Waals surface area contributed by atoms with Crippen molar-refractivity contribution in [2.45, 2.75) is 57.1 Å². The number of rotatable bonds is 7. The molecule has 1 aliphatic rings. The Morgan fingerprint density at radius 1 is 1.38 bits per heavy atom. The van der Waals surface area contributed by atoms with Crippen molar-refractivity contribution in [1.82, 2.24) is 9.62 Å². The molecule has 1 N–H and O–H groups in total. The second-order valence-electron chi connectivity index (χ2n) is 5.74. The van der Waals surface area contributed by atoms with Crippen molar-refractivity contribution < 1.29 is 8.42 Å². The largest absolute Gasteiger partial charge is 0.310 e. The molecular weight excluding hydrogens is 352 g/mol. The van der Waals surface area contributed by atoms with Gasteiger partial charge in [-0.05, 0) is 46.5 Å². The number of benzene rings is 1. The Labute approximate surface area is 136 Å². The van der Waals surface area contributed by atoms with Gasteiger partial charge in [-0.3, -0.25) is 0 Å². The highest BCUT2D eigenvalue weighted by Gasteiger charge is 2.37. The van der Waals surface area contributed by atoms with Gasteiger partial charge < -0.3 is 5.32 Å². The van der Waals surface area contributed by atoms with Crippen LogP contribution in [0.3, 0.4) is 0 Å². The average molecular weight is 375 g/mol. The molecule has 6 heteroatoms. The SMILES string of the molecule is CCN(C1CC1)S(=O)(=O)c1ccc(CNC(C)C)cc1Br. The molecule has 0 spiro atoms. The minimum atomic E-state index is -3.40. The second kappa shape index (κ2) is 6.77. The smallest absolute Gasteiger partial charge is 0.244 e. The van der Waals surface area contributed by atoms with E-state index >= 15 is 0 Å². The van der Waals surface area contributed by atoms with E-state index in [1.807, 2.05) is 19.1 Å². The summed E-state index contributed by atoms with van der Waals surface area (Å²) in [6.45, 7) is 7.32. The van der Waals surface area contributed by atoms with Gasteiger partial charge in [0.15, 0.2) is 0 Å². The fourth-order valence-corrected chi connectivity index (χ4v) is 5.08. The van der Waals surface area contributed by atoms with Crippen LogP contribution in [0, 0.1) is 0 Å². The van der Waals surface area contributed by atoms with Crippen LogP contribution in [0.4, 0.5) is 0 Å². The van der Waals surface area contributed by atoms with E-state index in [-0.39, 0.29) is 6.04 Å². The Morgan fingerprint density at radius 2 is 2.05 bits per heavy atom. The first-order valence-electron chi connectivity index (χ1n) is 7.40. The van der Waals surface area contributed by atoms with E-state index in [0.717, 1.165) is 24.9 Å². The van der Waals surface area contributed by atoms with Gasteiger partial charge in [0.1, 0.15) is 0 Å². The van der Waals surface area contributed by atoms with Gasteiger partial charge in [-0.1, -0.05) is 26.8 Å². The minimum Gasteiger partial charge on any atom is -0.310 e. The Balaban J connectivity index is 2.23. The van der Waals surface area contributed by atoms with Crippen LogP contribution in [0.5, 0.6) is 0 Å². The summed E-state index contributed by atoms with van der Waals surface area (Å²) in [6, 6.07) is 6.07. The van der Waals surface area contributed by atoms with E-state index in [0.29, 0.717) is 22.0 Å². The van der Waals surface area contributed by atoms with E-state index in [1.54, 1.807) is 10.4 Å². The summed E-state index contributed by atoms with van der Waals surface area (Å²) in [7, 11) is -3.40. The molecule has 21 heavy (non-hydrogen) atoms. The molecule has 1 saturated carbocycles. The maximum Gasteiger partial charge on any atom is 0.244 e. The number of hydrogen-bond donors (Lipinski definition) is 1. The third kappa shape index (κ3) is 4.06. The molecule has 0 unspecified atom stereocenters. The van der Waals surface area contributed by atoms with Crippen LogP contribution in [0.2, 0.25) is 0 Å². The molecule has 0 saturated heterocycles. The molecule has 1 fully saturated rings. The lowest BCUT2D eigenvalue weighted by molar-refractivity contribution is 0.420. The molecule has 1 aromatic carbocycles. The van der Waals surface area contributed by atoms with Crippen molar-refractivity contribution >= 4 is 26.0 Å². The van der Waals surface area contributed by atoms with Crippen molar-refractivity contribution in [2.24, 2.45) is 0 Å². The standard InChI is InChI=1S/C15H23BrN2O2S/c1-4-18(13-6-7-13)21(19,20)15-8-5-12(9-14(15)16)10-17-11(2)3/h5,8-9,11,13,17H,4,6-7,10H2,1-3H3. The van der Waals surface area contributed by atoms with Crippen molar-refractivity contribution in [1.29, 1.82) is 0 Å². The van der Waals surface area contributed by atoms with E-state index in [9.17, 15) is 8.42 Å². The Morgan fingerprint density at radius 3 is 2.52 bits per heavy atom. The quantitative estimate of drug-likeness (QED) is 0.797. The lowest BCUT2D eigenvalue weighted by Gasteiger charge is -2.21. The van der Waals surface area contributed by atoms with Crippen molar-refractivity contribution in [3.05, 3.63) is 28.2 Å². The molecule has 0 aliphatic heterocycles. The zero-order valence-electron chi connectivity index (χ0n) is 12.8. The molecule has 0 atom stereocenters. The predicted octanol–water partition coefficient (Wildman–Crippen LogP) is 3.12. The molecule has 0 heterocycles. The van der Waals surface area contributed by atoms with Crippen LogP contribution in [0.1, 0.15) is 39.2 Å². The van der Waals surface area contributed by atoms with Crippen LogP contribution in [-0.4, -0.2) is 31.4 Å². The van der Waals surface area contributed by atoms with Crippen LogP contribution in [-0.2, 0) is 16.6 Å². The average Bonchev–Trinajstić information content (AvgIpc) is 3.21. The molecule has 4 nitrogen and oxygen atoms in total. The molecule has 2 rings (SSSR count). The highest BCUT2D eigenvalue weighted by molar-refractivity contribution is 9.10. The topological polar surface area (TPSA) is 49.4 Å². The second-order valence-corrected chi connectivity index (χ2v) is 8.45. The zero-order valence-corrected chi connectivity index (χ0v) is 15.2. The molecule has 0 amide bonds. The van der Waals surface area contributed by atoms with Crippen molar-refractivity contribution in [3.8, 4) is 0 Å². The number of sulfonamides is 1. The van der Waals surface area contributed by atoms with Crippen LogP contribution in [0.25, 0.3) is 0 Å². The van der Waals surface area contributed by atoms with Gasteiger partial charge >= 0.3 is 0 Å². The van der Waals surface area contributed by atoms with E-state index in [4.69, 9.17) is 0 Å². The van der Waals surface area contributed by atoms with Gasteiger partial charge in [0.05, 0.1) is 4.90 Å². The Kier molecular flexibility index (Phi) is 5.46. The predicted molar refractivity (Wildman–Crippen MR) is 88.7 cm³/mol. The monoisotopic (exact) mass is 374 g/mol. The first-order valence-corrected chi connectivity index (χ1v) is 9.63. The van der Waals surface area contributed by atoms with Crippen LogP contribution in [0.15, 0.2) is 27.6 Å².